The molecule has 0 aliphatic rings. The Bertz CT molecular complexity index is 254. The largest absolute Gasteiger partial charge is 0.255 e. The minimum Gasteiger partial charge on any atom is -0.255 e. The topological polar surface area (TPSA) is 17.1 Å². The molecule has 0 bridgehead atoms. The molecule has 1 aromatic rings. The van der Waals surface area contributed by atoms with Crippen LogP contribution in [-0.4, -0.2) is 4.21 Å². The molecule has 0 saturated heterocycles. The maximum absolute atomic E-state index is 11.0. The molecule has 1 aromatic carbocycles. The van der Waals surface area contributed by atoms with Crippen molar-refractivity contribution >= 4 is 10.8 Å². The van der Waals surface area contributed by atoms with Crippen molar-refractivity contribution in [1.82, 2.24) is 0 Å². The molecule has 0 amide bonds. The third kappa shape index (κ3) is 2.68. The smallest absolute Gasteiger partial charge is 0.0526 e. The molecular formula is C9H10OS. The first-order valence-corrected chi connectivity index (χ1v) is 4.75. The predicted molar refractivity (Wildman–Crippen MR) is 48.5 cm³/mol. The van der Waals surface area contributed by atoms with Gasteiger partial charge in [0.25, 0.3) is 0 Å². The minimum atomic E-state index is -0.914. The zero-order valence-corrected chi connectivity index (χ0v) is 7.01. The van der Waals surface area contributed by atoms with E-state index < -0.39 is 10.8 Å². The summed E-state index contributed by atoms with van der Waals surface area (Å²) in [6.07, 6.45) is 0. The molecule has 0 aromatic heterocycles. The van der Waals surface area contributed by atoms with Crippen molar-refractivity contribution in [3.8, 4) is 0 Å². The second-order valence-electron chi connectivity index (χ2n) is 2.18. The van der Waals surface area contributed by atoms with Crippen molar-refractivity contribution in [3.63, 3.8) is 0 Å². The molecule has 0 spiro atoms. The van der Waals surface area contributed by atoms with Crippen LogP contribution in [0, 0.1) is 0 Å². The lowest BCUT2D eigenvalue weighted by molar-refractivity contribution is 0.688. The summed E-state index contributed by atoms with van der Waals surface area (Å²) in [5.74, 6) is 0.574. The molecule has 58 valence electrons. The van der Waals surface area contributed by atoms with E-state index in [1.165, 1.54) is 5.41 Å². The number of hydrogen-bond acceptors (Lipinski definition) is 1. The van der Waals surface area contributed by atoms with Crippen molar-refractivity contribution in [2.24, 2.45) is 0 Å². The van der Waals surface area contributed by atoms with Crippen LogP contribution in [0.4, 0.5) is 0 Å². The van der Waals surface area contributed by atoms with Gasteiger partial charge in [-0.05, 0) is 11.0 Å². The van der Waals surface area contributed by atoms with Gasteiger partial charge >= 0.3 is 0 Å². The standard InChI is InChI=1S/C9H10OS/c1-2-11(10)8-9-6-4-3-5-7-9/h2-7H,1,8H2/t11-/m0/s1. The highest BCUT2D eigenvalue weighted by Gasteiger charge is 1.94. The molecular weight excluding hydrogens is 156 g/mol. The molecule has 1 rings (SSSR count). The Balaban J connectivity index is 2.65. The molecule has 0 heterocycles. The summed E-state index contributed by atoms with van der Waals surface area (Å²) in [5.41, 5.74) is 1.09. The minimum absolute atomic E-state index is 0.574. The molecule has 1 nitrogen and oxygen atoms in total. The lowest BCUT2D eigenvalue weighted by Crippen LogP contribution is -1.89. The van der Waals surface area contributed by atoms with Crippen molar-refractivity contribution in [1.29, 1.82) is 0 Å². The lowest BCUT2D eigenvalue weighted by Gasteiger charge is -1.95. The van der Waals surface area contributed by atoms with E-state index in [4.69, 9.17) is 0 Å². The maximum Gasteiger partial charge on any atom is 0.0526 e. The summed E-state index contributed by atoms with van der Waals surface area (Å²) < 4.78 is 11.0. The van der Waals surface area contributed by atoms with E-state index in [0.29, 0.717) is 5.75 Å². The van der Waals surface area contributed by atoms with E-state index in [2.05, 4.69) is 6.58 Å². The highest BCUT2D eigenvalue weighted by molar-refractivity contribution is 7.87. The molecule has 11 heavy (non-hydrogen) atoms. The van der Waals surface area contributed by atoms with Crippen molar-refractivity contribution in [3.05, 3.63) is 47.9 Å². The predicted octanol–water partition coefficient (Wildman–Crippen LogP) is 2.08. The van der Waals surface area contributed by atoms with Crippen LogP contribution in [0.15, 0.2) is 42.3 Å². The van der Waals surface area contributed by atoms with Crippen LogP contribution in [0.2, 0.25) is 0 Å². The van der Waals surface area contributed by atoms with Gasteiger partial charge in [0.05, 0.1) is 5.75 Å². The monoisotopic (exact) mass is 166 g/mol. The summed E-state index contributed by atoms with van der Waals surface area (Å²) in [6.45, 7) is 3.46. The molecule has 0 radical (unpaired) electrons. The highest BCUT2D eigenvalue weighted by Crippen LogP contribution is 2.02. The Hall–Kier alpha value is -0.890. The van der Waals surface area contributed by atoms with Gasteiger partial charge in [0, 0.05) is 10.8 Å². The highest BCUT2D eigenvalue weighted by atomic mass is 32.2. The SMILES string of the molecule is C=C[S@](=O)Cc1ccccc1. The van der Waals surface area contributed by atoms with Gasteiger partial charge in [-0.25, -0.2) is 0 Å². The van der Waals surface area contributed by atoms with E-state index in [-0.39, 0.29) is 0 Å². The van der Waals surface area contributed by atoms with Crippen molar-refractivity contribution in [2.75, 3.05) is 0 Å². The first-order valence-electron chi connectivity index (χ1n) is 3.36. The molecule has 2 heteroatoms. The Labute approximate surface area is 69.2 Å². The Morgan fingerprint density at radius 2 is 2.00 bits per heavy atom. The fourth-order valence-electron chi connectivity index (χ4n) is 0.797. The maximum atomic E-state index is 11.0. The second kappa shape index (κ2) is 4.09. The molecule has 0 aliphatic carbocycles. The zero-order valence-electron chi connectivity index (χ0n) is 6.19. The van der Waals surface area contributed by atoms with Gasteiger partial charge in [-0.3, -0.25) is 4.21 Å². The van der Waals surface area contributed by atoms with Gasteiger partial charge in [-0.15, -0.1) is 0 Å². The van der Waals surface area contributed by atoms with Gasteiger partial charge in [0.1, 0.15) is 0 Å². The summed E-state index contributed by atoms with van der Waals surface area (Å²) >= 11 is 0. The van der Waals surface area contributed by atoms with E-state index in [1.807, 2.05) is 30.3 Å². The van der Waals surface area contributed by atoms with Crippen molar-refractivity contribution in [2.45, 2.75) is 5.75 Å². The van der Waals surface area contributed by atoms with Gasteiger partial charge < -0.3 is 0 Å². The van der Waals surface area contributed by atoms with E-state index >= 15 is 0 Å². The fraction of sp³-hybridized carbons (Fsp3) is 0.111. The molecule has 1 atom stereocenters. The normalized spacial score (nSPS) is 12.4. The Morgan fingerprint density at radius 1 is 1.36 bits per heavy atom. The van der Waals surface area contributed by atoms with Crippen molar-refractivity contribution < 1.29 is 4.21 Å². The van der Waals surface area contributed by atoms with E-state index in [1.54, 1.807) is 0 Å². The number of hydrogen-bond donors (Lipinski definition) is 0. The van der Waals surface area contributed by atoms with Crippen LogP contribution in [0.25, 0.3) is 0 Å². The molecule has 0 fully saturated rings. The van der Waals surface area contributed by atoms with Gasteiger partial charge in [-0.1, -0.05) is 36.9 Å². The zero-order chi connectivity index (χ0) is 8.10. The summed E-state index contributed by atoms with van der Waals surface area (Å²) in [5, 5.41) is 1.47. The van der Waals surface area contributed by atoms with Crippen LogP contribution in [0.1, 0.15) is 5.56 Å². The molecule has 0 saturated carbocycles. The summed E-state index contributed by atoms with van der Waals surface area (Å²) in [6, 6.07) is 9.74. The van der Waals surface area contributed by atoms with E-state index in [0.717, 1.165) is 5.56 Å². The average Bonchev–Trinajstić information content (AvgIpc) is 2.06. The van der Waals surface area contributed by atoms with Gasteiger partial charge in [-0.2, -0.15) is 0 Å². The first-order chi connectivity index (χ1) is 5.33. The lowest BCUT2D eigenvalue weighted by atomic mass is 10.2. The van der Waals surface area contributed by atoms with Gasteiger partial charge in [0.2, 0.25) is 0 Å². The molecule has 0 aliphatic heterocycles. The number of benzene rings is 1. The fourth-order valence-corrected chi connectivity index (χ4v) is 1.44. The molecule has 0 N–H and O–H groups in total. The third-order valence-electron chi connectivity index (χ3n) is 1.34. The molecule has 0 unspecified atom stereocenters. The van der Waals surface area contributed by atoms with Gasteiger partial charge in [0.15, 0.2) is 0 Å². The van der Waals surface area contributed by atoms with Crippen LogP contribution >= 0.6 is 0 Å². The summed E-state index contributed by atoms with van der Waals surface area (Å²) in [7, 11) is -0.914. The second-order valence-corrected chi connectivity index (χ2v) is 3.56. The first kappa shape index (κ1) is 8.21. The van der Waals surface area contributed by atoms with Crippen LogP contribution in [0.3, 0.4) is 0 Å². The van der Waals surface area contributed by atoms with E-state index in [9.17, 15) is 4.21 Å². The Kier molecular flexibility index (Phi) is 3.05. The number of rotatable bonds is 3. The average molecular weight is 166 g/mol. The Morgan fingerprint density at radius 3 is 2.55 bits per heavy atom. The quantitative estimate of drug-likeness (QED) is 0.672. The van der Waals surface area contributed by atoms with Crippen LogP contribution in [-0.2, 0) is 16.6 Å². The third-order valence-corrected chi connectivity index (χ3v) is 2.33. The summed E-state index contributed by atoms with van der Waals surface area (Å²) in [4.78, 5) is 0. The van der Waals surface area contributed by atoms with Crippen LogP contribution < -0.4 is 0 Å². The van der Waals surface area contributed by atoms with Crippen LogP contribution in [0.5, 0.6) is 0 Å².